The molecule has 2 aromatic rings. The number of nitrogens with zero attached hydrogens (tertiary/aromatic N) is 2. The van der Waals surface area contributed by atoms with Gasteiger partial charge in [-0.25, -0.2) is 13.2 Å². The number of hydrogen-bond acceptors (Lipinski definition) is 9. The van der Waals surface area contributed by atoms with Crippen LogP contribution in [0.2, 0.25) is 0 Å². The van der Waals surface area contributed by atoms with Gasteiger partial charge in [-0.2, -0.15) is 0 Å². The van der Waals surface area contributed by atoms with Crippen LogP contribution in [0.5, 0.6) is 5.75 Å². The fourth-order valence-electron chi connectivity index (χ4n) is 3.53. The number of aromatic nitrogens is 1. The molecule has 10 nitrogen and oxygen atoms in total. The summed E-state index contributed by atoms with van der Waals surface area (Å²) in [4.78, 5) is 41.1. The molecule has 0 saturated carbocycles. The van der Waals surface area contributed by atoms with Crippen molar-refractivity contribution in [2.75, 3.05) is 19.0 Å². The topological polar surface area (TPSA) is 143 Å². The molecule has 2 aliphatic rings. The Hall–Kier alpha value is -2.99. The minimum Gasteiger partial charge on any atom is -0.543 e. The Labute approximate surface area is 217 Å². The van der Waals surface area contributed by atoms with Gasteiger partial charge in [-0.3, -0.25) is 14.7 Å². The third-order valence-corrected chi connectivity index (χ3v) is 6.85. The predicted molar refractivity (Wildman–Crippen MR) is 112 cm³/mol. The van der Waals surface area contributed by atoms with Crippen LogP contribution in [-0.2, 0) is 29.0 Å². The molecule has 0 N–H and O–H groups in total. The predicted octanol–water partition coefficient (Wildman–Crippen LogP) is -3.31. The van der Waals surface area contributed by atoms with Gasteiger partial charge in [0.2, 0.25) is 0 Å². The molecule has 1 aromatic heterocycles. The van der Waals surface area contributed by atoms with Crippen molar-refractivity contribution < 1.29 is 66.9 Å². The normalized spacial score (nSPS) is 19.5. The van der Waals surface area contributed by atoms with E-state index in [1.54, 1.807) is 48.5 Å². The first-order valence-corrected chi connectivity index (χ1v) is 11.4. The van der Waals surface area contributed by atoms with E-state index in [9.17, 15) is 27.9 Å². The van der Waals surface area contributed by atoms with E-state index in [2.05, 4.69) is 4.98 Å². The summed E-state index contributed by atoms with van der Waals surface area (Å²) in [5.41, 5.74) is -0.619. The standard InChI is InChI=1S/C22H18N2O8S.Na/c25-18(12-31-16-7-2-1-3-8-16)32-11-14-13-33(29,30)21-17(10-15-6-4-5-9-23-15)20(26)24(21)19(14)22(27)28;/h1-10,21H,11-13H2,(H,27,28);/q;+1/p-1/b17-10-;/t21-;/m1./s1. The third-order valence-electron chi connectivity index (χ3n) is 4.95. The fraction of sp³-hybridized carbons (Fsp3) is 0.182. The minimum absolute atomic E-state index is 0. The maximum absolute atomic E-state index is 12.9. The number of pyridine rings is 1. The molecule has 1 atom stereocenters. The summed E-state index contributed by atoms with van der Waals surface area (Å²) in [6.45, 7) is -1.11. The van der Waals surface area contributed by atoms with Crippen LogP contribution in [-0.4, -0.2) is 60.5 Å². The van der Waals surface area contributed by atoms with Crippen molar-refractivity contribution >= 4 is 33.8 Å². The molecule has 4 rings (SSSR count). The molecule has 1 fully saturated rings. The first-order valence-electron chi connectivity index (χ1n) is 9.72. The summed E-state index contributed by atoms with van der Waals surface area (Å²) in [6, 6.07) is 13.3. The first kappa shape index (κ1) is 25.6. The monoisotopic (exact) mass is 492 g/mol. The van der Waals surface area contributed by atoms with Gasteiger partial charge < -0.3 is 19.4 Å². The molecule has 0 aliphatic carbocycles. The molecule has 0 bridgehead atoms. The van der Waals surface area contributed by atoms with Crippen LogP contribution in [0, 0.1) is 0 Å². The second-order valence-corrected chi connectivity index (χ2v) is 9.25. The molecule has 0 spiro atoms. The van der Waals surface area contributed by atoms with E-state index < -0.39 is 57.7 Å². The van der Waals surface area contributed by atoms with E-state index in [1.165, 1.54) is 12.3 Å². The number of benzene rings is 1. The van der Waals surface area contributed by atoms with Gasteiger partial charge >= 0.3 is 35.5 Å². The number of rotatable bonds is 7. The van der Waals surface area contributed by atoms with Crippen LogP contribution < -0.4 is 39.4 Å². The van der Waals surface area contributed by atoms with Crippen molar-refractivity contribution in [2.24, 2.45) is 0 Å². The summed E-state index contributed by atoms with van der Waals surface area (Å²) < 4.78 is 36.0. The number of fused-ring (bicyclic) bond motifs is 1. The second-order valence-electron chi connectivity index (χ2n) is 7.19. The number of hydrogen-bond donors (Lipinski definition) is 0. The van der Waals surface area contributed by atoms with Crippen molar-refractivity contribution in [3.63, 3.8) is 0 Å². The van der Waals surface area contributed by atoms with Crippen LogP contribution in [0.3, 0.4) is 0 Å². The molecule has 1 saturated heterocycles. The molecule has 1 amide bonds. The number of amides is 1. The van der Waals surface area contributed by atoms with Gasteiger partial charge in [0, 0.05) is 11.8 Å². The van der Waals surface area contributed by atoms with Gasteiger partial charge in [0.1, 0.15) is 12.4 Å². The minimum atomic E-state index is -4.01. The number of carbonyl (C=O) groups is 3. The Morgan fingerprint density at radius 3 is 2.50 bits per heavy atom. The Kier molecular flexibility index (Phi) is 7.93. The summed E-state index contributed by atoms with van der Waals surface area (Å²) in [5, 5.41) is 10.3. The van der Waals surface area contributed by atoms with Gasteiger partial charge in [0.05, 0.1) is 28.7 Å². The molecular formula is C22H17N2NaO8S. The Morgan fingerprint density at radius 2 is 1.85 bits per heavy atom. The average molecular weight is 492 g/mol. The summed E-state index contributed by atoms with van der Waals surface area (Å²) in [6.07, 6.45) is 2.78. The average Bonchev–Trinajstić information content (AvgIpc) is 2.80. The van der Waals surface area contributed by atoms with Crippen molar-refractivity contribution in [1.29, 1.82) is 0 Å². The number of β-lactam (4-membered cyclic amide) rings is 1. The number of carboxylic acids is 1. The van der Waals surface area contributed by atoms with Crippen LogP contribution in [0.1, 0.15) is 5.69 Å². The number of sulfone groups is 1. The molecular weight excluding hydrogens is 475 g/mol. The van der Waals surface area contributed by atoms with E-state index in [0.717, 1.165) is 0 Å². The fourth-order valence-corrected chi connectivity index (χ4v) is 5.47. The van der Waals surface area contributed by atoms with Crippen molar-refractivity contribution in [2.45, 2.75) is 5.37 Å². The van der Waals surface area contributed by atoms with Gasteiger partial charge in [-0.1, -0.05) is 24.3 Å². The smallest absolute Gasteiger partial charge is 0.543 e. The SMILES string of the molecule is O=C(COc1ccccc1)OCC1=C(C(=O)[O-])N2C(=O)/C(=C/c3ccccn3)[C@H]2S(=O)(=O)C1.[Na+]. The van der Waals surface area contributed by atoms with Gasteiger partial charge in [0.25, 0.3) is 5.91 Å². The number of para-hydroxylation sites is 1. The van der Waals surface area contributed by atoms with Crippen molar-refractivity contribution in [3.05, 3.63) is 77.3 Å². The molecule has 12 heteroatoms. The largest absolute Gasteiger partial charge is 1.00 e. The zero-order valence-electron chi connectivity index (χ0n) is 18.0. The Balaban J connectivity index is 0.00000324. The van der Waals surface area contributed by atoms with Crippen LogP contribution in [0.4, 0.5) is 0 Å². The maximum Gasteiger partial charge on any atom is 1.00 e. The summed E-state index contributed by atoms with van der Waals surface area (Å²) in [5.74, 6) is -3.67. The van der Waals surface area contributed by atoms with E-state index in [0.29, 0.717) is 16.3 Å². The van der Waals surface area contributed by atoms with E-state index in [4.69, 9.17) is 9.47 Å². The molecule has 34 heavy (non-hydrogen) atoms. The Morgan fingerprint density at radius 1 is 1.15 bits per heavy atom. The molecule has 2 aliphatic heterocycles. The quantitative estimate of drug-likeness (QED) is 0.168. The van der Waals surface area contributed by atoms with Gasteiger partial charge in [-0.15, -0.1) is 0 Å². The molecule has 170 valence electrons. The number of esters is 1. The van der Waals surface area contributed by atoms with Crippen LogP contribution in [0.15, 0.2) is 71.6 Å². The summed E-state index contributed by atoms with van der Waals surface area (Å²) in [7, 11) is -4.01. The van der Waals surface area contributed by atoms with Crippen LogP contribution in [0.25, 0.3) is 6.08 Å². The molecule has 0 radical (unpaired) electrons. The van der Waals surface area contributed by atoms with Crippen LogP contribution >= 0.6 is 0 Å². The molecule has 3 heterocycles. The number of carbonyl (C=O) groups excluding carboxylic acids is 3. The number of aliphatic carboxylic acids is 1. The molecule has 1 aromatic carbocycles. The maximum atomic E-state index is 12.9. The van der Waals surface area contributed by atoms with Crippen molar-refractivity contribution in [1.82, 2.24) is 9.88 Å². The van der Waals surface area contributed by atoms with E-state index in [1.807, 2.05) is 0 Å². The van der Waals surface area contributed by atoms with E-state index in [-0.39, 0.29) is 40.7 Å². The zero-order valence-corrected chi connectivity index (χ0v) is 20.9. The van der Waals surface area contributed by atoms with E-state index >= 15 is 0 Å². The van der Waals surface area contributed by atoms with Gasteiger partial charge in [-0.05, 0) is 30.3 Å². The van der Waals surface area contributed by atoms with Gasteiger partial charge in [0.15, 0.2) is 21.8 Å². The zero-order chi connectivity index (χ0) is 23.6. The number of carboxylic acid groups (broad SMARTS) is 1. The third kappa shape index (κ3) is 5.22. The first-order chi connectivity index (χ1) is 15.8. The number of ether oxygens (including phenoxy) is 2. The second kappa shape index (κ2) is 10.5. The summed E-state index contributed by atoms with van der Waals surface area (Å²) >= 11 is 0. The van der Waals surface area contributed by atoms with Crippen molar-refractivity contribution in [3.8, 4) is 5.75 Å². The molecule has 0 unspecified atom stereocenters. The Bertz CT molecular complexity index is 1280.